The molecule has 2 N–H and O–H groups in total. The fourth-order valence-electron chi connectivity index (χ4n) is 2.28. The summed E-state index contributed by atoms with van der Waals surface area (Å²) in [5.41, 5.74) is 0. The number of nitrogens with one attached hydrogen (secondary N) is 2. The average Bonchev–Trinajstić information content (AvgIpc) is 2.85. The lowest BCUT2D eigenvalue weighted by atomic mass is 9.85. The maximum Gasteiger partial charge on any atom is 0.391 e. The van der Waals surface area contributed by atoms with Crippen LogP contribution in [0.15, 0.2) is 5.16 Å². The van der Waals surface area contributed by atoms with Crippen molar-refractivity contribution in [3.63, 3.8) is 0 Å². The summed E-state index contributed by atoms with van der Waals surface area (Å²) in [4.78, 5) is 15.8. The number of amides is 2. The minimum atomic E-state index is -4.19. The zero-order valence-corrected chi connectivity index (χ0v) is 12.9. The van der Waals surface area contributed by atoms with Crippen molar-refractivity contribution in [3.8, 4) is 0 Å². The molecule has 0 aromatic carbocycles. The number of thioether (sulfide) groups is 1. The Kier molecular flexibility index (Phi) is 5.31. The monoisotopic (exact) mass is 340 g/mol. The molecule has 118 valence electrons. The maximum atomic E-state index is 12.7. The predicted octanol–water partition coefficient (Wildman–Crippen LogP) is 3.50. The van der Waals surface area contributed by atoms with Gasteiger partial charge >= 0.3 is 12.2 Å². The van der Waals surface area contributed by atoms with Crippen molar-refractivity contribution in [2.75, 3.05) is 11.6 Å². The summed E-state index contributed by atoms with van der Waals surface area (Å²) in [5, 5.41) is 5.96. The van der Waals surface area contributed by atoms with E-state index in [-0.39, 0.29) is 12.8 Å². The van der Waals surface area contributed by atoms with Gasteiger partial charge in [0.05, 0.1) is 5.92 Å². The van der Waals surface area contributed by atoms with Crippen LogP contribution in [-0.2, 0) is 0 Å². The highest BCUT2D eigenvalue weighted by atomic mass is 32.2. The van der Waals surface area contributed by atoms with Crippen LogP contribution in [0.5, 0.6) is 0 Å². The van der Waals surface area contributed by atoms with Crippen LogP contribution < -0.4 is 10.6 Å². The van der Waals surface area contributed by atoms with Crippen LogP contribution in [0.1, 0.15) is 25.7 Å². The van der Waals surface area contributed by atoms with Crippen molar-refractivity contribution < 1.29 is 18.0 Å². The minimum Gasteiger partial charge on any atom is -0.335 e. The molecule has 21 heavy (non-hydrogen) atoms. The van der Waals surface area contributed by atoms with E-state index in [1.165, 1.54) is 11.8 Å². The molecule has 0 unspecified atom stereocenters. The molecule has 1 aromatic heterocycles. The second-order valence-corrected chi connectivity index (χ2v) is 6.31. The van der Waals surface area contributed by atoms with E-state index in [2.05, 4.69) is 20.0 Å². The third kappa shape index (κ3) is 4.73. The van der Waals surface area contributed by atoms with Crippen LogP contribution >= 0.6 is 23.3 Å². The number of rotatable bonds is 3. The first-order chi connectivity index (χ1) is 9.88. The third-order valence-corrected chi connectivity index (χ3v) is 4.58. The molecule has 10 heteroatoms. The topological polar surface area (TPSA) is 66.9 Å². The number of hydrogen-bond donors (Lipinski definition) is 2. The van der Waals surface area contributed by atoms with Crippen molar-refractivity contribution >= 4 is 34.5 Å². The zero-order chi connectivity index (χ0) is 15.5. The van der Waals surface area contributed by atoms with Crippen LogP contribution in [0.3, 0.4) is 0 Å². The summed E-state index contributed by atoms with van der Waals surface area (Å²) in [6, 6.07) is -0.995. The first-order valence-electron chi connectivity index (χ1n) is 6.40. The number of urea groups is 1. The highest BCUT2D eigenvalue weighted by molar-refractivity contribution is 7.98. The first-order valence-corrected chi connectivity index (χ1v) is 8.40. The molecule has 1 saturated carbocycles. The Balaban J connectivity index is 1.84. The smallest absolute Gasteiger partial charge is 0.335 e. The van der Waals surface area contributed by atoms with E-state index in [0.29, 0.717) is 23.1 Å². The van der Waals surface area contributed by atoms with Gasteiger partial charge in [0.25, 0.3) is 0 Å². The van der Waals surface area contributed by atoms with Gasteiger partial charge in [-0.25, -0.2) is 4.79 Å². The van der Waals surface area contributed by atoms with Gasteiger partial charge in [0.2, 0.25) is 10.3 Å². The Labute approximate surface area is 128 Å². The van der Waals surface area contributed by atoms with Crippen LogP contribution in [0, 0.1) is 5.92 Å². The van der Waals surface area contributed by atoms with Gasteiger partial charge in [-0.2, -0.15) is 22.5 Å². The zero-order valence-electron chi connectivity index (χ0n) is 11.2. The summed E-state index contributed by atoms with van der Waals surface area (Å²) in [7, 11) is 0. The summed E-state index contributed by atoms with van der Waals surface area (Å²) in [5.74, 6) is -1.33. The van der Waals surface area contributed by atoms with Gasteiger partial charge in [0.15, 0.2) is 0 Å². The molecule has 1 heterocycles. The van der Waals surface area contributed by atoms with Crippen molar-refractivity contribution in [1.82, 2.24) is 14.7 Å². The van der Waals surface area contributed by atoms with Gasteiger partial charge in [-0.15, -0.1) is 0 Å². The molecule has 2 atom stereocenters. The molecular formula is C11H15F3N4OS2. The minimum absolute atomic E-state index is 0.0664. The molecule has 1 aliphatic carbocycles. The van der Waals surface area contributed by atoms with Gasteiger partial charge in [-0.1, -0.05) is 18.2 Å². The van der Waals surface area contributed by atoms with Gasteiger partial charge in [-0.05, 0) is 25.5 Å². The van der Waals surface area contributed by atoms with Crippen molar-refractivity contribution in [3.05, 3.63) is 0 Å². The Hall–Kier alpha value is -1.03. The molecule has 1 fully saturated rings. The molecule has 5 nitrogen and oxygen atoms in total. The normalized spacial score (nSPS) is 22.9. The number of alkyl halides is 3. The molecule has 0 spiro atoms. The highest BCUT2D eigenvalue weighted by Crippen LogP contribution is 2.37. The Morgan fingerprint density at radius 1 is 1.43 bits per heavy atom. The van der Waals surface area contributed by atoms with Crippen molar-refractivity contribution in [1.29, 1.82) is 0 Å². The molecule has 0 aliphatic heterocycles. The molecule has 0 bridgehead atoms. The summed E-state index contributed by atoms with van der Waals surface area (Å²) >= 11 is 2.38. The lowest BCUT2D eigenvalue weighted by molar-refractivity contribution is -0.183. The molecule has 0 radical (unpaired) electrons. The maximum absolute atomic E-state index is 12.7. The number of hydrogen-bond acceptors (Lipinski definition) is 5. The number of carbonyl (C=O) groups is 1. The quantitative estimate of drug-likeness (QED) is 0.827. The van der Waals surface area contributed by atoms with Crippen LogP contribution in [-0.4, -0.2) is 33.9 Å². The molecule has 2 rings (SSSR count). The van der Waals surface area contributed by atoms with Crippen LogP contribution in [0.4, 0.5) is 23.1 Å². The Morgan fingerprint density at radius 2 is 2.19 bits per heavy atom. The number of carbonyl (C=O) groups excluding carboxylic acids is 1. The van der Waals surface area contributed by atoms with E-state index in [1.54, 1.807) is 0 Å². The van der Waals surface area contributed by atoms with Gasteiger partial charge in [0.1, 0.15) is 0 Å². The van der Waals surface area contributed by atoms with E-state index < -0.39 is 24.2 Å². The standard InChI is InChI=1S/C11H15F3N4OS2/c1-20-10-17-9(21-18-10)16-8(19)15-7-4-2-3-6(5-7)11(12,13)14/h6-7H,2-5H2,1H3,(H2,15,16,17,18,19)/t6-,7-/m1/s1. The summed E-state index contributed by atoms with van der Waals surface area (Å²) in [6.45, 7) is 0. The van der Waals surface area contributed by atoms with Crippen LogP contribution in [0.2, 0.25) is 0 Å². The number of anilines is 1. The summed E-state index contributed by atoms with van der Waals surface area (Å²) in [6.07, 6.45) is -1.29. The summed E-state index contributed by atoms with van der Waals surface area (Å²) < 4.78 is 42.1. The van der Waals surface area contributed by atoms with E-state index >= 15 is 0 Å². The second kappa shape index (κ2) is 6.82. The number of halogens is 3. The highest BCUT2D eigenvalue weighted by Gasteiger charge is 2.42. The Morgan fingerprint density at radius 3 is 2.81 bits per heavy atom. The van der Waals surface area contributed by atoms with Crippen LogP contribution in [0.25, 0.3) is 0 Å². The Bertz CT molecular complexity index is 494. The van der Waals surface area contributed by atoms with E-state index in [9.17, 15) is 18.0 Å². The SMILES string of the molecule is CSc1nsc(NC(=O)N[C@@H]2CCC[C@@H](C(F)(F)F)C2)n1. The average molecular weight is 340 g/mol. The van der Waals surface area contributed by atoms with Gasteiger partial charge < -0.3 is 5.32 Å². The molecule has 1 aliphatic rings. The van der Waals surface area contributed by atoms with Crippen molar-refractivity contribution in [2.24, 2.45) is 5.92 Å². The first kappa shape index (κ1) is 16.3. The lowest BCUT2D eigenvalue weighted by Gasteiger charge is -2.30. The fourth-order valence-corrected chi connectivity index (χ4v) is 3.40. The molecular weight excluding hydrogens is 325 g/mol. The van der Waals surface area contributed by atoms with Gasteiger partial charge in [-0.3, -0.25) is 5.32 Å². The van der Waals surface area contributed by atoms with Crippen molar-refractivity contribution in [2.45, 2.75) is 43.1 Å². The largest absolute Gasteiger partial charge is 0.391 e. The van der Waals surface area contributed by atoms with E-state index in [4.69, 9.17) is 0 Å². The lowest BCUT2D eigenvalue weighted by Crippen LogP contribution is -2.43. The molecule has 2 amide bonds. The van der Waals surface area contributed by atoms with E-state index in [0.717, 1.165) is 11.5 Å². The number of aromatic nitrogens is 2. The predicted molar refractivity (Wildman–Crippen MR) is 75.6 cm³/mol. The number of nitrogens with zero attached hydrogens (tertiary/aromatic N) is 2. The van der Waals surface area contributed by atoms with E-state index in [1.807, 2.05) is 6.26 Å². The molecule has 1 aromatic rings. The third-order valence-electron chi connectivity index (χ3n) is 3.28. The molecule has 0 saturated heterocycles. The second-order valence-electron chi connectivity index (χ2n) is 4.79. The fraction of sp³-hybridized carbons (Fsp3) is 0.727. The van der Waals surface area contributed by atoms with Gasteiger partial charge in [0, 0.05) is 17.6 Å².